The minimum absolute atomic E-state index is 0.108. The van der Waals surface area contributed by atoms with Gasteiger partial charge in [-0.25, -0.2) is 14.3 Å². The lowest BCUT2D eigenvalue weighted by Crippen LogP contribution is -2.06. The average molecular weight is 274 g/mol. The Morgan fingerprint density at radius 3 is 2.50 bits per heavy atom. The maximum Gasteiger partial charge on any atom is 0.338 e. The van der Waals surface area contributed by atoms with Crippen LogP contribution in [-0.4, -0.2) is 33.4 Å². The third-order valence-corrected chi connectivity index (χ3v) is 2.63. The topological polar surface area (TPSA) is 81.4 Å². The van der Waals surface area contributed by atoms with Crippen molar-refractivity contribution in [3.05, 3.63) is 47.8 Å². The van der Waals surface area contributed by atoms with Gasteiger partial charge < -0.3 is 9.84 Å². The van der Waals surface area contributed by atoms with Crippen LogP contribution in [0.1, 0.15) is 34.1 Å². The van der Waals surface area contributed by atoms with Crippen molar-refractivity contribution in [2.75, 3.05) is 6.61 Å². The lowest BCUT2D eigenvalue weighted by molar-refractivity contribution is 0.0504. The molecule has 0 unspecified atom stereocenters. The quantitative estimate of drug-likeness (QED) is 0.845. The number of carboxylic acids is 1. The Labute approximate surface area is 115 Å². The molecule has 6 heteroatoms. The van der Waals surface area contributed by atoms with E-state index in [2.05, 4.69) is 5.10 Å². The van der Waals surface area contributed by atoms with Gasteiger partial charge in [-0.2, -0.15) is 5.10 Å². The van der Waals surface area contributed by atoms with Gasteiger partial charge in [0.25, 0.3) is 0 Å². The molecule has 0 atom stereocenters. The number of hydrogen-bond donors (Lipinski definition) is 1. The first kappa shape index (κ1) is 13.8. The van der Waals surface area contributed by atoms with Gasteiger partial charge in [-0.3, -0.25) is 0 Å². The maximum absolute atomic E-state index is 11.6. The van der Waals surface area contributed by atoms with Gasteiger partial charge in [-0.1, -0.05) is 6.92 Å². The van der Waals surface area contributed by atoms with Crippen LogP contribution in [0.2, 0.25) is 0 Å². The van der Waals surface area contributed by atoms with Gasteiger partial charge in [0.2, 0.25) is 0 Å². The molecule has 0 saturated carbocycles. The van der Waals surface area contributed by atoms with Crippen LogP contribution in [0.5, 0.6) is 0 Å². The van der Waals surface area contributed by atoms with Gasteiger partial charge in [0.05, 0.1) is 29.6 Å². The highest BCUT2D eigenvalue weighted by atomic mass is 16.5. The maximum atomic E-state index is 11.6. The Morgan fingerprint density at radius 1 is 1.25 bits per heavy atom. The summed E-state index contributed by atoms with van der Waals surface area (Å²) >= 11 is 0. The first-order chi connectivity index (χ1) is 9.61. The zero-order chi connectivity index (χ0) is 14.5. The van der Waals surface area contributed by atoms with Crippen molar-refractivity contribution in [3.8, 4) is 5.69 Å². The van der Waals surface area contributed by atoms with E-state index in [1.807, 2.05) is 6.92 Å². The minimum atomic E-state index is -1.03. The normalized spacial score (nSPS) is 10.2. The highest BCUT2D eigenvalue weighted by Gasteiger charge is 2.09. The lowest BCUT2D eigenvalue weighted by atomic mass is 10.2. The standard InChI is InChI=1S/C14H14N2O4/c1-2-7-20-14(19)10-3-5-12(6-4-10)16-9-11(8-15-16)13(17)18/h3-6,8-9H,2,7H2,1H3,(H,17,18). The Balaban J connectivity index is 2.14. The van der Waals surface area contributed by atoms with E-state index in [0.717, 1.165) is 6.42 Å². The number of hydrogen-bond acceptors (Lipinski definition) is 4. The molecule has 0 saturated heterocycles. The fourth-order valence-corrected chi connectivity index (χ4v) is 1.60. The van der Waals surface area contributed by atoms with Crippen molar-refractivity contribution in [3.63, 3.8) is 0 Å². The summed E-state index contributed by atoms with van der Waals surface area (Å²) in [5.41, 5.74) is 1.23. The van der Waals surface area contributed by atoms with Gasteiger partial charge in [0.1, 0.15) is 0 Å². The smallest absolute Gasteiger partial charge is 0.338 e. The zero-order valence-electron chi connectivity index (χ0n) is 10.9. The molecule has 1 N–H and O–H groups in total. The summed E-state index contributed by atoms with van der Waals surface area (Å²) in [5, 5.41) is 12.8. The number of rotatable bonds is 5. The Bertz CT molecular complexity index is 616. The Kier molecular flexibility index (Phi) is 4.14. The van der Waals surface area contributed by atoms with Gasteiger partial charge in [0, 0.05) is 6.20 Å². The second kappa shape index (κ2) is 6.01. The van der Waals surface area contributed by atoms with E-state index in [9.17, 15) is 9.59 Å². The summed E-state index contributed by atoms with van der Waals surface area (Å²) in [6, 6.07) is 6.60. The molecule has 20 heavy (non-hydrogen) atoms. The van der Waals surface area contributed by atoms with Crippen LogP contribution in [0.15, 0.2) is 36.7 Å². The monoisotopic (exact) mass is 274 g/mol. The summed E-state index contributed by atoms with van der Waals surface area (Å²) in [7, 11) is 0. The molecule has 1 aromatic carbocycles. The van der Waals surface area contributed by atoms with E-state index in [1.54, 1.807) is 24.3 Å². The van der Waals surface area contributed by atoms with E-state index >= 15 is 0 Å². The molecule has 2 aromatic rings. The number of carbonyl (C=O) groups excluding carboxylic acids is 1. The largest absolute Gasteiger partial charge is 0.478 e. The third kappa shape index (κ3) is 3.03. The average Bonchev–Trinajstić information content (AvgIpc) is 2.95. The van der Waals surface area contributed by atoms with E-state index in [1.165, 1.54) is 17.1 Å². The number of aromatic nitrogens is 2. The Morgan fingerprint density at radius 2 is 1.95 bits per heavy atom. The molecule has 0 aliphatic rings. The van der Waals surface area contributed by atoms with Gasteiger partial charge >= 0.3 is 11.9 Å². The molecular formula is C14H14N2O4. The molecule has 104 valence electrons. The van der Waals surface area contributed by atoms with Crippen molar-refractivity contribution in [1.82, 2.24) is 9.78 Å². The predicted octanol–water partition coefficient (Wildman–Crippen LogP) is 2.14. The van der Waals surface area contributed by atoms with Gasteiger partial charge in [0.15, 0.2) is 0 Å². The summed E-state index contributed by atoms with van der Waals surface area (Å²) in [6.07, 6.45) is 3.45. The molecule has 0 aliphatic heterocycles. The van der Waals surface area contributed by atoms with Crippen molar-refractivity contribution in [1.29, 1.82) is 0 Å². The summed E-state index contributed by atoms with van der Waals surface area (Å²) in [6.45, 7) is 2.32. The second-order valence-corrected chi connectivity index (χ2v) is 4.16. The van der Waals surface area contributed by atoms with Crippen LogP contribution < -0.4 is 0 Å². The highest BCUT2D eigenvalue weighted by Crippen LogP contribution is 2.11. The van der Waals surface area contributed by atoms with Crippen LogP contribution in [0.4, 0.5) is 0 Å². The van der Waals surface area contributed by atoms with Crippen LogP contribution in [-0.2, 0) is 4.74 Å². The number of esters is 1. The van der Waals surface area contributed by atoms with Crippen LogP contribution in [0.25, 0.3) is 5.69 Å². The predicted molar refractivity (Wildman–Crippen MR) is 71.1 cm³/mol. The number of aromatic carboxylic acids is 1. The third-order valence-electron chi connectivity index (χ3n) is 2.63. The van der Waals surface area contributed by atoms with Crippen molar-refractivity contribution >= 4 is 11.9 Å². The SMILES string of the molecule is CCCOC(=O)c1ccc(-n2cc(C(=O)O)cn2)cc1. The van der Waals surface area contributed by atoms with Crippen molar-refractivity contribution < 1.29 is 19.4 Å². The minimum Gasteiger partial charge on any atom is -0.478 e. The summed E-state index contributed by atoms with van der Waals surface area (Å²) < 4.78 is 6.45. The van der Waals surface area contributed by atoms with Crippen LogP contribution in [0, 0.1) is 0 Å². The fraction of sp³-hybridized carbons (Fsp3) is 0.214. The molecule has 0 radical (unpaired) electrons. The van der Waals surface area contributed by atoms with Crippen molar-refractivity contribution in [2.24, 2.45) is 0 Å². The summed E-state index contributed by atoms with van der Waals surface area (Å²) in [4.78, 5) is 22.4. The van der Waals surface area contributed by atoms with E-state index in [0.29, 0.717) is 17.9 Å². The molecule has 0 amide bonds. The molecule has 1 heterocycles. The first-order valence-corrected chi connectivity index (χ1v) is 6.17. The van der Waals surface area contributed by atoms with Gasteiger partial charge in [-0.15, -0.1) is 0 Å². The molecule has 0 aliphatic carbocycles. The molecule has 6 nitrogen and oxygen atoms in total. The van der Waals surface area contributed by atoms with E-state index in [4.69, 9.17) is 9.84 Å². The van der Waals surface area contributed by atoms with E-state index < -0.39 is 5.97 Å². The first-order valence-electron chi connectivity index (χ1n) is 6.17. The molecule has 2 rings (SSSR count). The number of carbonyl (C=O) groups is 2. The van der Waals surface area contributed by atoms with Crippen LogP contribution in [0.3, 0.4) is 0 Å². The van der Waals surface area contributed by atoms with E-state index in [-0.39, 0.29) is 11.5 Å². The number of benzene rings is 1. The molecule has 0 bridgehead atoms. The number of carboxylic acid groups (broad SMARTS) is 1. The Hall–Kier alpha value is -2.63. The number of ether oxygens (including phenoxy) is 1. The lowest BCUT2D eigenvalue weighted by Gasteiger charge is -2.04. The zero-order valence-corrected chi connectivity index (χ0v) is 10.9. The summed E-state index contributed by atoms with van der Waals surface area (Å²) in [5.74, 6) is -1.40. The molecular weight excluding hydrogens is 260 g/mol. The fourth-order valence-electron chi connectivity index (χ4n) is 1.60. The van der Waals surface area contributed by atoms with Gasteiger partial charge in [-0.05, 0) is 30.7 Å². The molecule has 0 spiro atoms. The number of nitrogens with zero attached hydrogens (tertiary/aromatic N) is 2. The molecule has 0 fully saturated rings. The van der Waals surface area contributed by atoms with Crippen molar-refractivity contribution in [2.45, 2.75) is 13.3 Å². The molecule has 1 aromatic heterocycles. The second-order valence-electron chi connectivity index (χ2n) is 4.16. The van der Waals surface area contributed by atoms with Crippen LogP contribution >= 0.6 is 0 Å². The highest BCUT2D eigenvalue weighted by molar-refractivity contribution is 5.89.